The molecule has 1 aromatic carbocycles. The number of benzene rings is 1. The average Bonchev–Trinajstić information content (AvgIpc) is 2.84. The Labute approximate surface area is 201 Å². The van der Waals surface area contributed by atoms with E-state index in [9.17, 15) is 9.18 Å². The fourth-order valence-corrected chi connectivity index (χ4v) is 5.61. The molecule has 8 heteroatoms. The molecule has 0 bridgehead atoms. The lowest BCUT2D eigenvalue weighted by molar-refractivity contribution is 0.229. The zero-order chi connectivity index (χ0) is 23.7. The van der Waals surface area contributed by atoms with E-state index in [4.69, 9.17) is 9.97 Å². The maximum atomic E-state index is 13.9. The van der Waals surface area contributed by atoms with E-state index >= 15 is 0 Å². The highest BCUT2D eigenvalue weighted by Crippen LogP contribution is 2.37. The number of nitrogens with one attached hydrogen (secondary N) is 2. The fourth-order valence-electron chi connectivity index (χ4n) is 5.61. The zero-order valence-electron chi connectivity index (χ0n) is 20.2. The Balaban J connectivity index is 1.56. The number of piperidine rings is 1. The Morgan fingerprint density at radius 3 is 2.59 bits per heavy atom. The highest BCUT2D eigenvalue weighted by Gasteiger charge is 2.35. The smallest absolute Gasteiger partial charge is 0.323 e. The highest BCUT2D eigenvalue weighted by molar-refractivity contribution is 5.96. The molecule has 2 N–H and O–H groups in total. The lowest BCUT2D eigenvalue weighted by atomic mass is 9.93. The fraction of sp³-hybridized carbons (Fsp3) is 0.577. The Bertz CT molecular complexity index is 1050. The molecule has 5 rings (SSSR count). The number of carbonyl (C=O) groups is 1. The molecule has 1 aliphatic carbocycles. The molecule has 1 saturated heterocycles. The van der Waals surface area contributed by atoms with Crippen molar-refractivity contribution in [1.29, 1.82) is 0 Å². The Kier molecular flexibility index (Phi) is 6.68. The van der Waals surface area contributed by atoms with Crippen LogP contribution < -0.4 is 15.5 Å². The van der Waals surface area contributed by atoms with E-state index in [1.807, 2.05) is 11.8 Å². The third-order valence-electron chi connectivity index (χ3n) is 7.60. The predicted molar refractivity (Wildman–Crippen MR) is 133 cm³/mol. The van der Waals surface area contributed by atoms with Crippen LogP contribution in [0.4, 0.5) is 21.0 Å². The summed E-state index contributed by atoms with van der Waals surface area (Å²) >= 11 is 0. The summed E-state index contributed by atoms with van der Waals surface area (Å²) in [5, 5.41) is 6.62. The van der Waals surface area contributed by atoms with Crippen LogP contribution in [-0.2, 0) is 6.54 Å². The Hall–Kier alpha value is -2.74. The lowest BCUT2D eigenvalue weighted by Gasteiger charge is -2.38. The summed E-state index contributed by atoms with van der Waals surface area (Å²) in [6.45, 7) is 7.66. The van der Waals surface area contributed by atoms with Gasteiger partial charge in [0, 0.05) is 36.3 Å². The van der Waals surface area contributed by atoms with Crippen LogP contribution in [0.25, 0.3) is 11.3 Å². The standard InChI is InChI=1S/C26H35FN6O/c1-3-32-13-11-19(12-14-32)29-25-30-23(21-10-9-18(27)15-17(21)2)22-16-28-26(34)33(24(22)31-25)20-7-5-4-6-8-20/h9-10,15,19-20H,3-8,11-14,16H2,1-2H3,(H,28,34)(H,29,30,31). The number of carbonyl (C=O) groups excluding carboxylic acids is 1. The van der Waals surface area contributed by atoms with E-state index < -0.39 is 0 Å². The molecule has 0 radical (unpaired) electrons. The second-order valence-corrected chi connectivity index (χ2v) is 9.83. The number of halogens is 1. The van der Waals surface area contributed by atoms with Crippen molar-refractivity contribution in [2.24, 2.45) is 0 Å². The number of rotatable bonds is 5. The van der Waals surface area contributed by atoms with Crippen molar-refractivity contribution in [2.75, 3.05) is 29.9 Å². The van der Waals surface area contributed by atoms with Crippen molar-refractivity contribution in [3.63, 3.8) is 0 Å². The molecule has 3 aliphatic rings. The van der Waals surface area contributed by atoms with Gasteiger partial charge in [0.2, 0.25) is 5.95 Å². The minimum absolute atomic E-state index is 0.0814. The maximum absolute atomic E-state index is 13.9. The zero-order valence-corrected chi connectivity index (χ0v) is 20.2. The third kappa shape index (κ3) is 4.60. The summed E-state index contributed by atoms with van der Waals surface area (Å²) in [7, 11) is 0. The second kappa shape index (κ2) is 9.86. The van der Waals surface area contributed by atoms with Gasteiger partial charge in [0.15, 0.2) is 0 Å². The number of fused-ring (bicyclic) bond motifs is 1. The van der Waals surface area contributed by atoms with Crippen LogP contribution in [0, 0.1) is 12.7 Å². The SMILES string of the molecule is CCN1CCC(Nc2nc(-c3ccc(F)cc3C)c3c(n2)N(C2CCCCC2)C(=O)NC3)CC1. The number of urea groups is 1. The summed E-state index contributed by atoms with van der Waals surface area (Å²) in [6.07, 6.45) is 7.50. The number of aryl methyl sites for hydroxylation is 1. The van der Waals surface area contributed by atoms with Crippen LogP contribution in [-0.4, -0.2) is 52.6 Å². The van der Waals surface area contributed by atoms with Gasteiger partial charge in [-0.1, -0.05) is 26.2 Å². The van der Waals surface area contributed by atoms with Crippen molar-refractivity contribution >= 4 is 17.8 Å². The van der Waals surface area contributed by atoms with Crippen LogP contribution in [0.1, 0.15) is 63.0 Å². The minimum Gasteiger partial charge on any atom is -0.351 e. The third-order valence-corrected chi connectivity index (χ3v) is 7.60. The number of likely N-dealkylation sites (tertiary alicyclic amines) is 1. The van der Waals surface area contributed by atoms with Crippen molar-refractivity contribution in [1.82, 2.24) is 20.2 Å². The summed E-state index contributed by atoms with van der Waals surface area (Å²) in [5.74, 6) is 1.00. The molecule has 0 atom stereocenters. The van der Waals surface area contributed by atoms with Crippen molar-refractivity contribution < 1.29 is 9.18 Å². The quantitative estimate of drug-likeness (QED) is 0.659. The molecule has 2 aromatic rings. The first-order valence-corrected chi connectivity index (χ1v) is 12.8. The first kappa shape index (κ1) is 23.0. The topological polar surface area (TPSA) is 73.4 Å². The molecule has 1 saturated carbocycles. The summed E-state index contributed by atoms with van der Waals surface area (Å²) in [6, 6.07) is 5.16. The van der Waals surface area contributed by atoms with E-state index in [0.29, 0.717) is 24.4 Å². The second-order valence-electron chi connectivity index (χ2n) is 9.83. The number of aromatic nitrogens is 2. The molecule has 1 aromatic heterocycles. The molecule has 0 unspecified atom stereocenters. The van der Waals surface area contributed by atoms with Gasteiger partial charge in [-0.3, -0.25) is 4.90 Å². The number of hydrogen-bond acceptors (Lipinski definition) is 5. The van der Waals surface area contributed by atoms with E-state index in [0.717, 1.165) is 80.5 Å². The molecule has 34 heavy (non-hydrogen) atoms. The molecule has 2 amide bonds. The van der Waals surface area contributed by atoms with Gasteiger partial charge in [-0.05, 0) is 62.9 Å². The molecule has 7 nitrogen and oxygen atoms in total. The van der Waals surface area contributed by atoms with Gasteiger partial charge in [0.25, 0.3) is 0 Å². The molecular formula is C26H35FN6O. The van der Waals surface area contributed by atoms with Crippen LogP contribution in [0.5, 0.6) is 0 Å². The molecule has 2 fully saturated rings. The number of amides is 2. The van der Waals surface area contributed by atoms with Gasteiger partial charge >= 0.3 is 6.03 Å². The molecule has 2 aliphatic heterocycles. The Morgan fingerprint density at radius 1 is 1.12 bits per heavy atom. The van der Waals surface area contributed by atoms with Crippen molar-refractivity contribution in [3.8, 4) is 11.3 Å². The lowest BCUT2D eigenvalue weighted by Crippen LogP contribution is -2.51. The normalized spacial score (nSPS) is 20.2. The first-order valence-electron chi connectivity index (χ1n) is 12.8. The molecule has 3 heterocycles. The molecular weight excluding hydrogens is 431 g/mol. The summed E-state index contributed by atoms with van der Waals surface area (Å²) in [5.41, 5.74) is 3.39. The maximum Gasteiger partial charge on any atom is 0.323 e. The Morgan fingerprint density at radius 2 is 1.88 bits per heavy atom. The van der Waals surface area contributed by atoms with Gasteiger partial charge in [-0.25, -0.2) is 14.2 Å². The van der Waals surface area contributed by atoms with Crippen LogP contribution in [0.15, 0.2) is 18.2 Å². The number of anilines is 2. The predicted octanol–water partition coefficient (Wildman–Crippen LogP) is 4.85. The number of nitrogens with zero attached hydrogens (tertiary/aromatic N) is 4. The van der Waals surface area contributed by atoms with Crippen LogP contribution in [0.2, 0.25) is 0 Å². The molecule has 0 spiro atoms. The largest absolute Gasteiger partial charge is 0.351 e. The van der Waals surface area contributed by atoms with E-state index in [2.05, 4.69) is 22.5 Å². The van der Waals surface area contributed by atoms with Crippen molar-refractivity contribution in [2.45, 2.75) is 77.4 Å². The summed E-state index contributed by atoms with van der Waals surface area (Å²) < 4.78 is 13.9. The van der Waals surface area contributed by atoms with Gasteiger partial charge in [-0.15, -0.1) is 0 Å². The average molecular weight is 467 g/mol. The highest BCUT2D eigenvalue weighted by atomic mass is 19.1. The van der Waals surface area contributed by atoms with Crippen molar-refractivity contribution in [3.05, 3.63) is 35.1 Å². The minimum atomic E-state index is -0.262. The first-order chi connectivity index (χ1) is 16.5. The summed E-state index contributed by atoms with van der Waals surface area (Å²) in [4.78, 5) is 27.3. The van der Waals surface area contributed by atoms with Gasteiger partial charge < -0.3 is 15.5 Å². The number of hydrogen-bond donors (Lipinski definition) is 2. The molecule has 182 valence electrons. The van der Waals surface area contributed by atoms with Gasteiger partial charge in [-0.2, -0.15) is 4.98 Å². The monoisotopic (exact) mass is 466 g/mol. The van der Waals surface area contributed by atoms with Crippen LogP contribution in [0.3, 0.4) is 0 Å². The van der Waals surface area contributed by atoms with E-state index in [1.54, 1.807) is 6.07 Å². The van der Waals surface area contributed by atoms with Gasteiger partial charge in [0.05, 0.1) is 12.2 Å². The van der Waals surface area contributed by atoms with E-state index in [-0.39, 0.29) is 17.9 Å². The van der Waals surface area contributed by atoms with Gasteiger partial charge in [0.1, 0.15) is 11.6 Å². The van der Waals surface area contributed by atoms with Crippen LogP contribution >= 0.6 is 0 Å². The van der Waals surface area contributed by atoms with E-state index in [1.165, 1.54) is 18.6 Å².